The van der Waals surface area contributed by atoms with Crippen LogP contribution in [0.15, 0.2) is 29.2 Å². The lowest BCUT2D eigenvalue weighted by molar-refractivity contribution is -0.123. The number of nitrogens with one attached hydrogen (secondary N) is 1. The number of nitrogens with two attached hydrogens (primary N) is 1. The summed E-state index contributed by atoms with van der Waals surface area (Å²) in [7, 11) is -4.14. The lowest BCUT2D eigenvalue weighted by Gasteiger charge is -2.06. The molecule has 0 aromatic heterocycles. The van der Waals surface area contributed by atoms with Crippen molar-refractivity contribution in [2.24, 2.45) is 5.73 Å². The summed E-state index contributed by atoms with van der Waals surface area (Å²) in [5.41, 5.74) is 4.72. The summed E-state index contributed by atoms with van der Waals surface area (Å²) in [5, 5.41) is 0. The lowest BCUT2D eigenvalue weighted by Crippen LogP contribution is -2.29. The van der Waals surface area contributed by atoms with E-state index < -0.39 is 33.3 Å². The minimum Gasteiger partial charge on any atom is -0.368 e. The van der Waals surface area contributed by atoms with E-state index in [1.165, 1.54) is 12.1 Å². The quantitative estimate of drug-likeness (QED) is 0.687. The normalized spacial score (nSPS) is 11.3. The molecule has 16 heavy (non-hydrogen) atoms. The Bertz CT molecular complexity index is 489. The highest BCUT2D eigenvalue weighted by Crippen LogP contribution is 2.12. The smallest absolute Gasteiger partial charge is 0.265 e. The third-order valence-corrected chi connectivity index (χ3v) is 2.76. The fourth-order valence-corrected chi connectivity index (χ4v) is 1.77. The molecule has 0 spiro atoms. The summed E-state index contributed by atoms with van der Waals surface area (Å²) < 4.78 is 35.9. The molecule has 0 atom stereocenters. The van der Waals surface area contributed by atoms with E-state index in [0.717, 1.165) is 12.1 Å². The highest BCUT2D eigenvalue weighted by Gasteiger charge is 2.18. The molecule has 0 unspecified atom stereocenters. The molecule has 6 nitrogen and oxygen atoms in total. The van der Waals surface area contributed by atoms with Gasteiger partial charge in [-0.15, -0.1) is 0 Å². The Balaban J connectivity index is 2.79. The second-order valence-corrected chi connectivity index (χ2v) is 4.39. The third kappa shape index (κ3) is 3.26. The molecule has 0 bridgehead atoms. The minimum absolute atomic E-state index is 0.570. The van der Waals surface area contributed by atoms with Gasteiger partial charge in [0.1, 0.15) is 17.3 Å². The average molecular weight is 248 g/mol. The van der Waals surface area contributed by atoms with E-state index in [0.29, 0.717) is 0 Å². The number of benzene rings is 1. The van der Waals surface area contributed by atoms with Crippen LogP contribution in [0, 0.1) is 5.82 Å². The number of hydrogen-bond acceptors (Lipinski definition) is 4. The maximum Gasteiger partial charge on any atom is 0.265 e. The van der Waals surface area contributed by atoms with Gasteiger partial charge in [0.25, 0.3) is 10.0 Å². The van der Waals surface area contributed by atoms with Crippen molar-refractivity contribution in [3.63, 3.8) is 0 Å². The predicted molar refractivity (Wildman–Crippen MR) is 51.9 cm³/mol. The van der Waals surface area contributed by atoms with Crippen LogP contribution in [0.2, 0.25) is 0 Å². The molecule has 1 rings (SSSR count). The zero-order chi connectivity index (χ0) is 12.2. The van der Waals surface area contributed by atoms with Gasteiger partial charge in [-0.3, -0.25) is 9.63 Å². The number of hydrogen-bond donors (Lipinski definition) is 2. The van der Waals surface area contributed by atoms with Crippen molar-refractivity contribution >= 4 is 15.9 Å². The standard InChI is InChI=1S/C8H9FN2O4S/c9-6-3-1-2-4-7(6)16(13,14)11-15-5-8(10)12/h1-4,11H,5H2,(H2,10,12). The van der Waals surface area contributed by atoms with Crippen LogP contribution >= 0.6 is 0 Å². The first-order chi connectivity index (χ1) is 7.43. The molecule has 0 aliphatic heterocycles. The molecule has 0 saturated carbocycles. The second-order valence-electron chi connectivity index (χ2n) is 2.77. The summed E-state index contributed by atoms with van der Waals surface area (Å²) >= 11 is 0. The third-order valence-electron chi connectivity index (χ3n) is 1.51. The first kappa shape index (κ1) is 12.6. The van der Waals surface area contributed by atoms with Crippen LogP contribution in [-0.4, -0.2) is 20.9 Å². The van der Waals surface area contributed by atoms with Gasteiger partial charge in [-0.2, -0.15) is 0 Å². The fourth-order valence-electron chi connectivity index (χ4n) is 0.886. The molecule has 0 radical (unpaired) electrons. The topological polar surface area (TPSA) is 98.5 Å². The van der Waals surface area contributed by atoms with Gasteiger partial charge >= 0.3 is 0 Å². The van der Waals surface area contributed by atoms with Crippen LogP contribution in [-0.2, 0) is 19.7 Å². The first-order valence-electron chi connectivity index (χ1n) is 4.10. The van der Waals surface area contributed by atoms with Gasteiger partial charge in [0, 0.05) is 0 Å². The van der Waals surface area contributed by atoms with Gasteiger partial charge in [-0.25, -0.2) is 12.8 Å². The second kappa shape index (κ2) is 5.01. The Morgan fingerprint density at radius 1 is 1.44 bits per heavy atom. The molecule has 0 aliphatic rings. The molecular weight excluding hydrogens is 239 g/mol. The predicted octanol–water partition coefficient (Wildman–Crippen LogP) is -0.479. The number of halogens is 1. The summed E-state index contributed by atoms with van der Waals surface area (Å²) in [6.45, 7) is -0.631. The van der Waals surface area contributed by atoms with E-state index in [4.69, 9.17) is 5.73 Å². The minimum atomic E-state index is -4.14. The van der Waals surface area contributed by atoms with Crippen molar-refractivity contribution in [3.05, 3.63) is 30.1 Å². The lowest BCUT2D eigenvalue weighted by atomic mass is 10.4. The largest absolute Gasteiger partial charge is 0.368 e. The number of carbonyl (C=O) groups excluding carboxylic acids is 1. The Morgan fingerprint density at radius 2 is 2.06 bits per heavy atom. The SMILES string of the molecule is NC(=O)CONS(=O)(=O)c1ccccc1F. The fraction of sp³-hybridized carbons (Fsp3) is 0.125. The van der Waals surface area contributed by atoms with Gasteiger partial charge in [0.15, 0.2) is 0 Å². The van der Waals surface area contributed by atoms with E-state index in [9.17, 15) is 17.6 Å². The highest BCUT2D eigenvalue weighted by atomic mass is 32.2. The number of rotatable bonds is 5. The molecule has 1 amide bonds. The van der Waals surface area contributed by atoms with Crippen molar-refractivity contribution in [3.8, 4) is 0 Å². The van der Waals surface area contributed by atoms with Crippen LogP contribution in [0.4, 0.5) is 4.39 Å². The van der Waals surface area contributed by atoms with Crippen molar-refractivity contribution in [2.45, 2.75) is 4.90 Å². The monoisotopic (exact) mass is 248 g/mol. The number of sulfonamides is 1. The Hall–Kier alpha value is -1.51. The van der Waals surface area contributed by atoms with E-state index in [1.54, 1.807) is 4.89 Å². The van der Waals surface area contributed by atoms with E-state index >= 15 is 0 Å². The van der Waals surface area contributed by atoms with Gasteiger partial charge in [0.05, 0.1) is 0 Å². The zero-order valence-corrected chi connectivity index (χ0v) is 8.83. The number of primary amides is 1. The van der Waals surface area contributed by atoms with Crippen LogP contribution in [0.1, 0.15) is 0 Å². The Labute approximate surface area is 91.2 Å². The van der Waals surface area contributed by atoms with E-state index in [1.807, 2.05) is 0 Å². The van der Waals surface area contributed by atoms with Crippen molar-refractivity contribution < 1.29 is 22.4 Å². The number of carbonyl (C=O) groups is 1. The van der Waals surface area contributed by atoms with Gasteiger partial charge < -0.3 is 5.73 Å². The van der Waals surface area contributed by atoms with Crippen molar-refractivity contribution in [1.82, 2.24) is 4.89 Å². The molecule has 1 aromatic rings. The summed E-state index contributed by atoms with van der Waals surface area (Å²) in [5.74, 6) is -1.77. The molecule has 88 valence electrons. The molecule has 0 fully saturated rings. The summed E-state index contributed by atoms with van der Waals surface area (Å²) in [4.78, 5) is 15.6. The molecular formula is C8H9FN2O4S. The molecule has 0 aliphatic carbocycles. The first-order valence-corrected chi connectivity index (χ1v) is 5.58. The van der Waals surface area contributed by atoms with Gasteiger partial charge in [0.2, 0.25) is 5.91 Å². The van der Waals surface area contributed by atoms with E-state index in [2.05, 4.69) is 4.84 Å². The molecule has 1 aromatic carbocycles. The van der Waals surface area contributed by atoms with Crippen molar-refractivity contribution in [1.29, 1.82) is 0 Å². The Kier molecular flexibility index (Phi) is 3.93. The van der Waals surface area contributed by atoms with Crippen LogP contribution < -0.4 is 10.6 Å². The molecule has 0 saturated heterocycles. The van der Waals surface area contributed by atoms with Gasteiger partial charge in [-0.05, 0) is 12.1 Å². The molecule has 3 N–H and O–H groups in total. The molecule has 0 heterocycles. The van der Waals surface area contributed by atoms with Gasteiger partial charge in [-0.1, -0.05) is 17.0 Å². The number of amides is 1. The van der Waals surface area contributed by atoms with Crippen LogP contribution in [0.5, 0.6) is 0 Å². The van der Waals surface area contributed by atoms with Crippen LogP contribution in [0.25, 0.3) is 0 Å². The van der Waals surface area contributed by atoms with E-state index in [-0.39, 0.29) is 0 Å². The van der Waals surface area contributed by atoms with Crippen molar-refractivity contribution in [2.75, 3.05) is 6.61 Å². The maximum absolute atomic E-state index is 13.1. The zero-order valence-electron chi connectivity index (χ0n) is 8.01. The summed E-state index contributed by atoms with van der Waals surface area (Å²) in [6.07, 6.45) is 0. The summed E-state index contributed by atoms with van der Waals surface area (Å²) in [6, 6.07) is 4.75. The maximum atomic E-state index is 13.1. The van der Waals surface area contributed by atoms with Crippen LogP contribution in [0.3, 0.4) is 0 Å². The Morgan fingerprint density at radius 3 is 2.62 bits per heavy atom. The average Bonchev–Trinajstić information content (AvgIpc) is 2.17. The molecule has 8 heteroatoms. The highest BCUT2D eigenvalue weighted by molar-refractivity contribution is 7.89.